The van der Waals surface area contributed by atoms with Crippen molar-refractivity contribution in [3.8, 4) is 0 Å². The quantitative estimate of drug-likeness (QED) is 0.398. The Hall–Kier alpha value is -1.59. The molecule has 3 saturated carbocycles. The Kier molecular flexibility index (Phi) is 8.73. The van der Waals surface area contributed by atoms with Gasteiger partial charge in [0.05, 0.1) is 48.1 Å². The number of rotatable bonds is 8. The van der Waals surface area contributed by atoms with E-state index < -0.39 is 24.2 Å². The van der Waals surface area contributed by atoms with Gasteiger partial charge in [-0.2, -0.15) is 0 Å². The molecule has 1 amide bonds. The highest BCUT2D eigenvalue weighted by Gasteiger charge is 2.61. The SMILES string of the molecule is CN1CCCC1CCNC1C(F)CC2C(=O)C(C(=O)NCCN3CCCC3)=CN3C4CC5OC6CCCCC6C5CC4OC1C23. The lowest BCUT2D eigenvalue weighted by Gasteiger charge is -2.60. The van der Waals surface area contributed by atoms with Crippen LogP contribution in [0.15, 0.2) is 11.8 Å². The van der Waals surface area contributed by atoms with E-state index in [1.165, 1.54) is 44.9 Å². The zero-order valence-corrected chi connectivity index (χ0v) is 27.1. The lowest BCUT2D eigenvalue weighted by atomic mass is 9.67. The van der Waals surface area contributed by atoms with Gasteiger partial charge in [-0.15, -0.1) is 0 Å². The van der Waals surface area contributed by atoms with E-state index in [0.29, 0.717) is 30.5 Å². The molecule has 7 fully saturated rings. The zero-order chi connectivity index (χ0) is 30.7. The molecule has 12 unspecified atom stereocenters. The third kappa shape index (κ3) is 5.68. The summed E-state index contributed by atoms with van der Waals surface area (Å²) < 4.78 is 30.0. The number of fused-ring (bicyclic) bond motifs is 5. The number of nitrogens with one attached hydrogen (secondary N) is 2. The smallest absolute Gasteiger partial charge is 0.256 e. The van der Waals surface area contributed by atoms with Gasteiger partial charge in [-0.3, -0.25) is 9.59 Å². The number of morpholine rings is 1. The Balaban J connectivity index is 1.04. The van der Waals surface area contributed by atoms with Crippen LogP contribution in [0.25, 0.3) is 0 Å². The van der Waals surface area contributed by atoms with Crippen molar-refractivity contribution in [2.45, 2.75) is 132 Å². The minimum absolute atomic E-state index is 0.0274. The van der Waals surface area contributed by atoms with Gasteiger partial charge in [0, 0.05) is 31.2 Å². The maximum atomic E-state index is 16.3. The van der Waals surface area contributed by atoms with Crippen LogP contribution in [0.2, 0.25) is 0 Å². The number of hydrogen-bond acceptors (Lipinski definition) is 8. The molecule has 9 nitrogen and oxygen atoms in total. The van der Waals surface area contributed by atoms with Crippen LogP contribution in [0.3, 0.4) is 0 Å². The Morgan fingerprint density at radius 1 is 0.933 bits per heavy atom. The summed E-state index contributed by atoms with van der Waals surface area (Å²) in [5.74, 6) is -0.0505. The first-order valence-electron chi connectivity index (χ1n) is 18.4. The Labute approximate surface area is 268 Å². The molecule has 250 valence electrons. The molecule has 0 aromatic carbocycles. The van der Waals surface area contributed by atoms with Gasteiger partial charge in [0.15, 0.2) is 5.78 Å². The molecule has 4 saturated heterocycles. The molecule has 0 aromatic rings. The highest BCUT2D eigenvalue weighted by Crippen LogP contribution is 2.52. The van der Waals surface area contributed by atoms with Crippen molar-refractivity contribution in [1.82, 2.24) is 25.3 Å². The maximum Gasteiger partial charge on any atom is 0.256 e. The van der Waals surface area contributed by atoms with Crippen molar-refractivity contribution in [2.24, 2.45) is 17.8 Å². The highest BCUT2D eigenvalue weighted by atomic mass is 19.1. The number of halogens is 1. The van der Waals surface area contributed by atoms with E-state index in [1.54, 1.807) is 0 Å². The minimum atomic E-state index is -1.20. The molecule has 45 heavy (non-hydrogen) atoms. The second kappa shape index (κ2) is 12.8. The molecule has 10 heteroatoms. The normalized spacial score (nSPS) is 44.6. The van der Waals surface area contributed by atoms with Gasteiger partial charge >= 0.3 is 0 Å². The number of Topliss-reactive ketones (excluding diaryl/α,β-unsaturated/α-hetero) is 1. The van der Waals surface area contributed by atoms with Crippen molar-refractivity contribution in [3.63, 3.8) is 0 Å². The van der Waals surface area contributed by atoms with Gasteiger partial charge in [-0.25, -0.2) is 4.39 Å². The van der Waals surface area contributed by atoms with Crippen LogP contribution in [0.5, 0.6) is 0 Å². The molecule has 8 rings (SSSR count). The van der Waals surface area contributed by atoms with Crippen molar-refractivity contribution < 1.29 is 23.5 Å². The largest absolute Gasteiger partial charge is 0.374 e. The second-order valence-electron chi connectivity index (χ2n) is 15.6. The monoisotopic (exact) mass is 627 g/mol. The predicted octanol–water partition coefficient (Wildman–Crippen LogP) is 2.64. The molecule has 0 aromatic heterocycles. The Morgan fingerprint density at radius 2 is 1.78 bits per heavy atom. The standard InChI is InChI=1S/C35H54FN5O4/c1-39-13-6-7-21(39)10-11-37-31-26(36)17-24-32-34(31)45-30-18-23-22-8-2-3-9-28(22)44-29(23)19-27(30)41(32)20-25(33(24)42)35(43)38-12-16-40-14-4-5-15-40/h20-24,26-32,34,37H,2-19H2,1H3,(H,38,43). The van der Waals surface area contributed by atoms with Crippen LogP contribution < -0.4 is 10.6 Å². The Bertz CT molecular complexity index is 1150. The number of likely N-dealkylation sites (tertiary alicyclic amines) is 2. The summed E-state index contributed by atoms with van der Waals surface area (Å²) in [5.41, 5.74) is 0.197. The first-order chi connectivity index (χ1) is 22.0. The van der Waals surface area contributed by atoms with Crippen LogP contribution >= 0.6 is 0 Å². The van der Waals surface area contributed by atoms with Gasteiger partial charge in [-0.05, 0) is 109 Å². The van der Waals surface area contributed by atoms with Gasteiger partial charge in [-0.1, -0.05) is 12.8 Å². The fourth-order valence-corrected chi connectivity index (χ4v) is 10.8. The Morgan fingerprint density at radius 3 is 2.60 bits per heavy atom. The van der Waals surface area contributed by atoms with Crippen molar-refractivity contribution in [1.29, 1.82) is 0 Å². The van der Waals surface area contributed by atoms with E-state index in [1.807, 2.05) is 6.20 Å². The number of carbonyl (C=O) groups is 2. The molecule has 0 spiro atoms. The summed E-state index contributed by atoms with van der Waals surface area (Å²) in [6.07, 6.45) is 13.3. The first-order valence-corrected chi connectivity index (χ1v) is 18.4. The first kappa shape index (κ1) is 30.7. The van der Waals surface area contributed by atoms with Crippen LogP contribution in [0.4, 0.5) is 4.39 Å². The van der Waals surface area contributed by atoms with Crippen molar-refractivity contribution >= 4 is 11.7 Å². The number of carbonyl (C=O) groups excluding carboxylic acids is 2. The topological polar surface area (TPSA) is 86.4 Å². The summed E-state index contributed by atoms with van der Waals surface area (Å²) >= 11 is 0. The van der Waals surface area contributed by atoms with E-state index >= 15 is 4.39 Å². The van der Waals surface area contributed by atoms with Crippen molar-refractivity contribution in [3.05, 3.63) is 11.8 Å². The average molecular weight is 628 g/mol. The lowest BCUT2D eigenvalue weighted by Crippen LogP contribution is -2.73. The van der Waals surface area contributed by atoms with Crippen LogP contribution in [-0.4, -0.2) is 127 Å². The third-order valence-electron chi connectivity index (χ3n) is 13.1. The molecule has 3 aliphatic carbocycles. The third-order valence-corrected chi connectivity index (χ3v) is 13.1. The van der Waals surface area contributed by atoms with Gasteiger partial charge in [0.2, 0.25) is 0 Å². The van der Waals surface area contributed by atoms with E-state index in [0.717, 1.165) is 58.4 Å². The molecular weight excluding hydrogens is 573 g/mol. The van der Waals surface area contributed by atoms with E-state index in [4.69, 9.17) is 9.47 Å². The number of hydrogen-bond donors (Lipinski definition) is 2. The molecular formula is C35H54FN5O4. The van der Waals surface area contributed by atoms with Crippen molar-refractivity contribution in [2.75, 3.05) is 46.3 Å². The molecule has 8 aliphatic rings. The van der Waals surface area contributed by atoms with Crippen LogP contribution in [0, 0.1) is 17.8 Å². The molecule has 5 aliphatic heterocycles. The number of nitrogens with zero attached hydrogens (tertiary/aromatic N) is 3. The number of ether oxygens (including phenoxy) is 2. The number of ketones is 1. The van der Waals surface area contributed by atoms with Crippen LogP contribution in [-0.2, 0) is 19.1 Å². The second-order valence-corrected chi connectivity index (χ2v) is 15.6. The summed E-state index contributed by atoms with van der Waals surface area (Å²) in [5, 5.41) is 6.64. The fourth-order valence-electron chi connectivity index (χ4n) is 10.8. The van der Waals surface area contributed by atoms with Gasteiger partial charge < -0.3 is 34.8 Å². The molecule has 12 atom stereocenters. The zero-order valence-electron chi connectivity index (χ0n) is 27.1. The van der Waals surface area contributed by atoms with E-state index in [-0.39, 0.29) is 48.0 Å². The number of alkyl halides is 1. The van der Waals surface area contributed by atoms with Gasteiger partial charge in [0.25, 0.3) is 5.91 Å². The average Bonchev–Trinajstić information content (AvgIpc) is 3.79. The minimum Gasteiger partial charge on any atom is -0.374 e. The highest BCUT2D eigenvalue weighted by molar-refractivity contribution is 6.20. The maximum absolute atomic E-state index is 16.3. The fraction of sp³-hybridized carbons (Fsp3) is 0.886. The molecule has 0 bridgehead atoms. The van der Waals surface area contributed by atoms with Gasteiger partial charge in [0.1, 0.15) is 6.17 Å². The molecule has 2 N–H and O–H groups in total. The predicted molar refractivity (Wildman–Crippen MR) is 168 cm³/mol. The summed E-state index contributed by atoms with van der Waals surface area (Å²) in [6, 6.07) is -0.163. The summed E-state index contributed by atoms with van der Waals surface area (Å²) in [6.45, 7) is 5.31. The summed E-state index contributed by atoms with van der Waals surface area (Å²) in [7, 11) is 2.18. The number of amides is 1. The lowest BCUT2D eigenvalue weighted by molar-refractivity contribution is -0.209. The molecule has 0 radical (unpaired) electrons. The molecule has 5 heterocycles. The van der Waals surface area contributed by atoms with Crippen LogP contribution in [0.1, 0.15) is 77.0 Å². The van der Waals surface area contributed by atoms with E-state index in [2.05, 4.69) is 32.4 Å². The van der Waals surface area contributed by atoms with E-state index in [9.17, 15) is 9.59 Å². The summed E-state index contributed by atoms with van der Waals surface area (Å²) in [4.78, 5) is 34.6.